The van der Waals surface area contributed by atoms with Crippen LogP contribution in [0.3, 0.4) is 0 Å². The summed E-state index contributed by atoms with van der Waals surface area (Å²) in [5.41, 5.74) is 3.26. The first-order valence-electron chi connectivity index (χ1n) is 5.58. The zero-order chi connectivity index (χ0) is 9.42. The lowest BCUT2D eigenvalue weighted by molar-refractivity contribution is 0.228. The van der Waals surface area contributed by atoms with Crippen LogP contribution >= 0.6 is 0 Å². The summed E-state index contributed by atoms with van der Waals surface area (Å²) >= 11 is 0. The van der Waals surface area contributed by atoms with Crippen molar-refractivity contribution >= 4 is 0 Å². The van der Waals surface area contributed by atoms with Crippen LogP contribution in [-0.2, 0) is 0 Å². The van der Waals surface area contributed by atoms with Crippen molar-refractivity contribution in [2.24, 2.45) is 11.8 Å². The van der Waals surface area contributed by atoms with Crippen LogP contribution in [0.1, 0.15) is 40.0 Å². The summed E-state index contributed by atoms with van der Waals surface area (Å²) in [6, 6.07) is 0.713. The molecular weight excluding hydrogens is 158 g/mol. The molecule has 3 unspecified atom stereocenters. The minimum Gasteiger partial charge on any atom is -0.310 e. The van der Waals surface area contributed by atoms with Crippen LogP contribution in [-0.4, -0.2) is 12.6 Å². The van der Waals surface area contributed by atoms with Crippen LogP contribution in [0.25, 0.3) is 0 Å². The normalized spacial score (nSPS) is 40.4. The molecule has 1 heterocycles. The summed E-state index contributed by atoms with van der Waals surface area (Å²) in [4.78, 5) is 0. The molecule has 1 aliphatic carbocycles. The van der Waals surface area contributed by atoms with Gasteiger partial charge in [-0.15, -0.1) is 0 Å². The monoisotopic (exact) mass is 179 g/mol. The highest BCUT2D eigenvalue weighted by molar-refractivity contribution is 5.21. The molecule has 1 fully saturated rings. The zero-order valence-electron chi connectivity index (χ0n) is 9.06. The Bertz CT molecular complexity index is 229. The summed E-state index contributed by atoms with van der Waals surface area (Å²) in [6.45, 7) is 8.19. The molecule has 13 heavy (non-hydrogen) atoms. The summed E-state index contributed by atoms with van der Waals surface area (Å²) in [6.07, 6.45) is 4.18. The molecule has 1 saturated heterocycles. The minimum absolute atomic E-state index is 0.713. The number of hydrogen-bond donors (Lipinski definition) is 1. The van der Waals surface area contributed by atoms with E-state index in [0.717, 1.165) is 11.8 Å². The highest BCUT2D eigenvalue weighted by Gasteiger charge is 2.32. The topological polar surface area (TPSA) is 12.0 Å². The van der Waals surface area contributed by atoms with Gasteiger partial charge in [0, 0.05) is 6.04 Å². The van der Waals surface area contributed by atoms with Crippen LogP contribution in [0.2, 0.25) is 0 Å². The smallest absolute Gasteiger partial charge is 0.0308 e. The predicted molar refractivity (Wildman–Crippen MR) is 56.7 cm³/mol. The molecule has 2 rings (SSSR count). The first kappa shape index (κ1) is 9.26. The Morgan fingerprint density at radius 2 is 2.08 bits per heavy atom. The lowest BCUT2D eigenvalue weighted by Crippen LogP contribution is -2.47. The quantitative estimate of drug-likeness (QED) is 0.564. The Kier molecular flexibility index (Phi) is 2.46. The third-order valence-corrected chi connectivity index (χ3v) is 3.89. The molecule has 0 bridgehead atoms. The SMILES string of the molecule is CC1=C(C)C2NCC(C)CC2CC1. The molecule has 3 atom stereocenters. The van der Waals surface area contributed by atoms with Crippen LogP contribution < -0.4 is 5.32 Å². The molecule has 0 radical (unpaired) electrons. The Morgan fingerprint density at radius 3 is 2.85 bits per heavy atom. The van der Waals surface area contributed by atoms with E-state index in [4.69, 9.17) is 0 Å². The van der Waals surface area contributed by atoms with Gasteiger partial charge in [-0.1, -0.05) is 18.1 Å². The fraction of sp³-hybridized carbons (Fsp3) is 0.833. The second-order valence-corrected chi connectivity index (χ2v) is 4.99. The number of nitrogens with one attached hydrogen (secondary N) is 1. The maximum absolute atomic E-state index is 3.69. The van der Waals surface area contributed by atoms with Crippen molar-refractivity contribution in [3.05, 3.63) is 11.1 Å². The van der Waals surface area contributed by atoms with Gasteiger partial charge >= 0.3 is 0 Å². The molecular formula is C12H21N. The molecule has 0 aromatic heterocycles. The zero-order valence-corrected chi connectivity index (χ0v) is 9.06. The predicted octanol–water partition coefficient (Wildman–Crippen LogP) is 2.73. The lowest BCUT2D eigenvalue weighted by atomic mass is 9.74. The summed E-state index contributed by atoms with van der Waals surface area (Å²) < 4.78 is 0. The van der Waals surface area contributed by atoms with Gasteiger partial charge in [0.1, 0.15) is 0 Å². The van der Waals surface area contributed by atoms with E-state index in [0.29, 0.717) is 6.04 Å². The van der Waals surface area contributed by atoms with Crippen LogP contribution in [0.15, 0.2) is 11.1 Å². The van der Waals surface area contributed by atoms with Crippen LogP contribution in [0.4, 0.5) is 0 Å². The molecule has 0 aromatic rings. The number of rotatable bonds is 0. The Balaban J connectivity index is 2.14. The highest BCUT2D eigenvalue weighted by atomic mass is 14.9. The minimum atomic E-state index is 0.713. The van der Waals surface area contributed by atoms with Crippen molar-refractivity contribution in [3.63, 3.8) is 0 Å². The molecule has 0 saturated carbocycles. The van der Waals surface area contributed by atoms with Crippen molar-refractivity contribution in [2.45, 2.75) is 46.1 Å². The van der Waals surface area contributed by atoms with Gasteiger partial charge in [0.2, 0.25) is 0 Å². The molecule has 1 N–H and O–H groups in total. The van der Waals surface area contributed by atoms with E-state index in [1.807, 2.05) is 0 Å². The fourth-order valence-electron chi connectivity index (χ4n) is 2.89. The van der Waals surface area contributed by atoms with Crippen molar-refractivity contribution < 1.29 is 0 Å². The largest absolute Gasteiger partial charge is 0.310 e. The number of fused-ring (bicyclic) bond motifs is 1. The van der Waals surface area contributed by atoms with E-state index < -0.39 is 0 Å². The average Bonchev–Trinajstić information content (AvgIpc) is 2.12. The molecule has 2 aliphatic rings. The van der Waals surface area contributed by atoms with Crippen LogP contribution in [0.5, 0.6) is 0 Å². The number of piperidine rings is 1. The third-order valence-electron chi connectivity index (χ3n) is 3.89. The van der Waals surface area contributed by atoms with E-state index in [2.05, 4.69) is 26.1 Å². The second-order valence-electron chi connectivity index (χ2n) is 4.99. The van der Waals surface area contributed by atoms with Crippen molar-refractivity contribution in [1.82, 2.24) is 5.32 Å². The van der Waals surface area contributed by atoms with Gasteiger partial charge in [-0.05, 0) is 51.5 Å². The molecule has 0 spiro atoms. The molecule has 0 amide bonds. The van der Waals surface area contributed by atoms with E-state index in [1.54, 1.807) is 11.1 Å². The van der Waals surface area contributed by atoms with Crippen molar-refractivity contribution in [3.8, 4) is 0 Å². The third kappa shape index (κ3) is 1.67. The van der Waals surface area contributed by atoms with E-state index in [9.17, 15) is 0 Å². The number of hydrogen-bond acceptors (Lipinski definition) is 1. The van der Waals surface area contributed by atoms with Gasteiger partial charge in [-0.25, -0.2) is 0 Å². The van der Waals surface area contributed by atoms with Gasteiger partial charge in [-0.3, -0.25) is 0 Å². The van der Waals surface area contributed by atoms with E-state index in [-0.39, 0.29) is 0 Å². The summed E-state index contributed by atoms with van der Waals surface area (Å²) in [7, 11) is 0. The van der Waals surface area contributed by atoms with E-state index in [1.165, 1.54) is 25.8 Å². The molecule has 1 aliphatic heterocycles. The van der Waals surface area contributed by atoms with Gasteiger partial charge in [0.25, 0.3) is 0 Å². The van der Waals surface area contributed by atoms with Gasteiger partial charge in [0.15, 0.2) is 0 Å². The average molecular weight is 179 g/mol. The molecule has 74 valence electrons. The standard InChI is InChI=1S/C12H21N/c1-8-6-11-5-4-9(2)10(3)12(11)13-7-8/h8,11-13H,4-7H2,1-3H3. The second kappa shape index (κ2) is 3.45. The maximum Gasteiger partial charge on any atom is 0.0308 e. The van der Waals surface area contributed by atoms with Crippen molar-refractivity contribution in [1.29, 1.82) is 0 Å². The first-order valence-corrected chi connectivity index (χ1v) is 5.58. The fourth-order valence-corrected chi connectivity index (χ4v) is 2.89. The Hall–Kier alpha value is -0.300. The van der Waals surface area contributed by atoms with Gasteiger partial charge < -0.3 is 5.32 Å². The summed E-state index contributed by atoms with van der Waals surface area (Å²) in [5, 5.41) is 3.69. The molecule has 1 nitrogen and oxygen atoms in total. The summed E-state index contributed by atoms with van der Waals surface area (Å²) in [5.74, 6) is 1.81. The van der Waals surface area contributed by atoms with Gasteiger partial charge in [0.05, 0.1) is 0 Å². The van der Waals surface area contributed by atoms with E-state index >= 15 is 0 Å². The molecule has 1 heteroatoms. The number of allylic oxidation sites excluding steroid dienone is 1. The lowest BCUT2D eigenvalue weighted by Gasteiger charge is -2.40. The van der Waals surface area contributed by atoms with Crippen LogP contribution in [0, 0.1) is 11.8 Å². The Labute approximate surface area is 81.6 Å². The maximum atomic E-state index is 3.69. The van der Waals surface area contributed by atoms with Crippen molar-refractivity contribution in [2.75, 3.05) is 6.54 Å². The highest BCUT2D eigenvalue weighted by Crippen LogP contribution is 2.35. The first-order chi connectivity index (χ1) is 6.18. The Morgan fingerprint density at radius 1 is 1.31 bits per heavy atom. The van der Waals surface area contributed by atoms with Gasteiger partial charge in [-0.2, -0.15) is 0 Å². The molecule has 0 aromatic carbocycles.